The van der Waals surface area contributed by atoms with E-state index in [9.17, 15) is 10.1 Å². The second-order valence-corrected chi connectivity index (χ2v) is 4.03. The van der Waals surface area contributed by atoms with Gasteiger partial charge in [-0.15, -0.1) is 12.6 Å². The minimum Gasteiger partial charge on any atom is -0.371 e. The number of thiol groups is 1. The lowest BCUT2D eigenvalue weighted by Crippen LogP contribution is -2.19. The van der Waals surface area contributed by atoms with Crippen molar-refractivity contribution in [3.05, 3.63) is 39.9 Å². The highest BCUT2D eigenvalue weighted by Crippen LogP contribution is 2.17. The van der Waals surface area contributed by atoms with E-state index in [1.807, 2.05) is 0 Å². The van der Waals surface area contributed by atoms with Crippen LogP contribution in [0.25, 0.3) is 0 Å². The molecule has 80 valence electrons. The van der Waals surface area contributed by atoms with Gasteiger partial charge in [0.1, 0.15) is 4.32 Å². The molecule has 15 heavy (non-hydrogen) atoms. The fourth-order valence-corrected chi connectivity index (χ4v) is 1.42. The minimum atomic E-state index is -0.381. The minimum absolute atomic E-state index is 0.143. The van der Waals surface area contributed by atoms with Crippen molar-refractivity contribution >= 4 is 34.9 Å². The number of thiocarbonyl (C=S) groups is 1. The Labute approximate surface area is 98.2 Å². The molecule has 0 aliphatic heterocycles. The van der Waals surface area contributed by atoms with Crippen LogP contribution >= 0.6 is 24.8 Å². The summed E-state index contributed by atoms with van der Waals surface area (Å²) in [5.41, 5.74) is 0.837. The summed E-state index contributed by atoms with van der Waals surface area (Å²) in [6.07, 6.45) is 0.553. The molecule has 0 spiro atoms. The van der Waals surface area contributed by atoms with Crippen molar-refractivity contribution in [2.45, 2.75) is 6.42 Å². The molecule has 0 aliphatic rings. The van der Waals surface area contributed by atoms with Gasteiger partial charge in [-0.3, -0.25) is 10.1 Å². The van der Waals surface area contributed by atoms with Gasteiger partial charge in [0.15, 0.2) is 0 Å². The second kappa shape index (κ2) is 5.67. The van der Waals surface area contributed by atoms with Gasteiger partial charge in [0.05, 0.1) is 4.92 Å². The molecule has 0 saturated carbocycles. The van der Waals surface area contributed by atoms with Gasteiger partial charge in [-0.05, 0) is 6.42 Å². The first-order valence-corrected chi connectivity index (χ1v) is 5.16. The standard InChI is InChI=1S/C9H10N2O2S2/c12-11(13)8-4-2-1-3-7(8)5-6-10-9(14)15/h1-4H,5-6H2,(H2,10,14,15). The molecule has 6 heteroatoms. The predicted molar refractivity (Wildman–Crippen MR) is 66.4 cm³/mol. The Kier molecular flexibility index (Phi) is 4.51. The van der Waals surface area contributed by atoms with Crippen LogP contribution in [0.1, 0.15) is 5.56 Å². The van der Waals surface area contributed by atoms with Crippen molar-refractivity contribution in [1.82, 2.24) is 5.32 Å². The number of nitro benzene ring substituents is 1. The van der Waals surface area contributed by atoms with Crippen LogP contribution in [0.4, 0.5) is 5.69 Å². The lowest BCUT2D eigenvalue weighted by Gasteiger charge is -2.03. The molecule has 0 amide bonds. The number of nitrogens with zero attached hydrogens (tertiary/aromatic N) is 1. The maximum Gasteiger partial charge on any atom is 0.272 e. The zero-order valence-corrected chi connectivity index (χ0v) is 9.55. The maximum atomic E-state index is 10.7. The van der Waals surface area contributed by atoms with Gasteiger partial charge in [-0.1, -0.05) is 30.4 Å². The van der Waals surface area contributed by atoms with Crippen molar-refractivity contribution in [2.75, 3.05) is 6.54 Å². The van der Waals surface area contributed by atoms with Gasteiger partial charge < -0.3 is 5.32 Å². The Balaban J connectivity index is 2.67. The molecule has 0 heterocycles. The lowest BCUT2D eigenvalue weighted by atomic mass is 10.1. The normalized spacial score (nSPS) is 9.67. The average Bonchev–Trinajstić information content (AvgIpc) is 2.17. The van der Waals surface area contributed by atoms with Crippen molar-refractivity contribution in [3.63, 3.8) is 0 Å². The molecule has 0 unspecified atom stereocenters. The van der Waals surface area contributed by atoms with E-state index in [0.717, 1.165) is 0 Å². The van der Waals surface area contributed by atoms with Gasteiger partial charge in [-0.2, -0.15) is 0 Å². The molecule has 0 atom stereocenters. The van der Waals surface area contributed by atoms with E-state index in [2.05, 4.69) is 17.9 Å². The Morgan fingerprint density at radius 1 is 1.53 bits per heavy atom. The molecule has 1 aromatic carbocycles. The SMILES string of the molecule is O=[N+]([O-])c1ccccc1CCNC(=S)S. The first-order valence-electron chi connectivity index (χ1n) is 4.30. The number of nitrogens with one attached hydrogen (secondary N) is 1. The monoisotopic (exact) mass is 242 g/mol. The summed E-state index contributed by atoms with van der Waals surface area (Å²) < 4.78 is 0.397. The van der Waals surface area contributed by atoms with Crippen LogP contribution in [-0.2, 0) is 6.42 Å². The molecular weight excluding hydrogens is 232 g/mol. The average molecular weight is 242 g/mol. The molecule has 0 radical (unpaired) electrons. The van der Waals surface area contributed by atoms with Crippen LogP contribution in [0, 0.1) is 10.1 Å². The summed E-state index contributed by atoms with van der Waals surface area (Å²) in [6, 6.07) is 6.66. The van der Waals surface area contributed by atoms with Crippen molar-refractivity contribution in [2.24, 2.45) is 0 Å². The predicted octanol–water partition coefficient (Wildman–Crippen LogP) is 1.94. The molecule has 0 bridgehead atoms. The van der Waals surface area contributed by atoms with Crippen LogP contribution < -0.4 is 5.32 Å². The van der Waals surface area contributed by atoms with E-state index in [1.54, 1.807) is 18.2 Å². The van der Waals surface area contributed by atoms with E-state index >= 15 is 0 Å². The van der Waals surface area contributed by atoms with E-state index in [1.165, 1.54) is 6.07 Å². The Morgan fingerprint density at radius 3 is 2.80 bits per heavy atom. The number of nitro groups is 1. The zero-order valence-electron chi connectivity index (χ0n) is 7.84. The first-order chi connectivity index (χ1) is 7.11. The van der Waals surface area contributed by atoms with E-state index in [-0.39, 0.29) is 10.6 Å². The van der Waals surface area contributed by atoms with Gasteiger partial charge in [0.25, 0.3) is 5.69 Å². The number of para-hydroxylation sites is 1. The second-order valence-electron chi connectivity index (χ2n) is 2.87. The third-order valence-electron chi connectivity index (χ3n) is 1.86. The number of benzene rings is 1. The van der Waals surface area contributed by atoms with Crippen molar-refractivity contribution in [1.29, 1.82) is 0 Å². The summed E-state index contributed by atoms with van der Waals surface area (Å²) >= 11 is 8.61. The van der Waals surface area contributed by atoms with Gasteiger partial charge in [0.2, 0.25) is 0 Å². The van der Waals surface area contributed by atoms with Crippen LogP contribution in [0.15, 0.2) is 24.3 Å². The van der Waals surface area contributed by atoms with Crippen molar-refractivity contribution < 1.29 is 4.92 Å². The molecule has 0 aliphatic carbocycles. The Hall–Kier alpha value is -1.14. The Bertz CT molecular complexity index is 382. The highest BCUT2D eigenvalue weighted by Gasteiger charge is 2.11. The molecular formula is C9H10N2O2S2. The van der Waals surface area contributed by atoms with Crippen LogP contribution in [-0.4, -0.2) is 15.8 Å². The molecule has 0 saturated heterocycles. The fraction of sp³-hybridized carbons (Fsp3) is 0.222. The smallest absolute Gasteiger partial charge is 0.272 e. The molecule has 1 rings (SSSR count). The molecule has 1 aromatic rings. The van der Waals surface area contributed by atoms with Gasteiger partial charge >= 0.3 is 0 Å². The van der Waals surface area contributed by atoms with E-state index in [0.29, 0.717) is 22.8 Å². The third-order valence-corrected chi connectivity index (χ3v) is 2.16. The molecule has 4 nitrogen and oxygen atoms in total. The highest BCUT2D eigenvalue weighted by molar-refractivity contribution is 8.11. The highest BCUT2D eigenvalue weighted by atomic mass is 32.1. The largest absolute Gasteiger partial charge is 0.371 e. The van der Waals surface area contributed by atoms with Crippen molar-refractivity contribution in [3.8, 4) is 0 Å². The lowest BCUT2D eigenvalue weighted by molar-refractivity contribution is -0.385. The van der Waals surface area contributed by atoms with E-state index in [4.69, 9.17) is 12.2 Å². The topological polar surface area (TPSA) is 55.2 Å². The summed E-state index contributed by atoms with van der Waals surface area (Å²) in [5, 5.41) is 13.5. The fourth-order valence-electron chi connectivity index (χ4n) is 1.20. The number of rotatable bonds is 4. The third kappa shape index (κ3) is 3.85. The molecule has 0 fully saturated rings. The summed E-state index contributed by atoms with van der Waals surface area (Å²) in [7, 11) is 0. The number of hydrogen-bond donors (Lipinski definition) is 2. The van der Waals surface area contributed by atoms with Gasteiger partial charge in [-0.25, -0.2) is 0 Å². The maximum absolute atomic E-state index is 10.7. The van der Waals surface area contributed by atoms with Crippen LogP contribution in [0.5, 0.6) is 0 Å². The molecule has 0 aromatic heterocycles. The van der Waals surface area contributed by atoms with E-state index < -0.39 is 0 Å². The van der Waals surface area contributed by atoms with Gasteiger partial charge in [0, 0.05) is 18.2 Å². The van der Waals surface area contributed by atoms with Crippen LogP contribution in [0.3, 0.4) is 0 Å². The Morgan fingerprint density at radius 2 is 2.20 bits per heavy atom. The van der Waals surface area contributed by atoms with Crippen LogP contribution in [0.2, 0.25) is 0 Å². The summed E-state index contributed by atoms with van der Waals surface area (Å²) in [6.45, 7) is 0.549. The summed E-state index contributed by atoms with van der Waals surface area (Å²) in [4.78, 5) is 10.3. The molecule has 1 N–H and O–H groups in total. The zero-order chi connectivity index (χ0) is 11.3. The first kappa shape index (κ1) is 11.9. The quantitative estimate of drug-likeness (QED) is 0.367. The summed E-state index contributed by atoms with van der Waals surface area (Å²) in [5.74, 6) is 0. The number of hydrogen-bond acceptors (Lipinski definition) is 3.